The molecule has 0 radical (unpaired) electrons. The Hall–Kier alpha value is -2.89. The molecule has 2 aromatic carbocycles. The summed E-state index contributed by atoms with van der Waals surface area (Å²) in [5, 5.41) is 8.94. The first kappa shape index (κ1) is 23.4. The Bertz CT molecular complexity index is 1030. The smallest absolute Gasteiger partial charge is 0.254 e. The maximum Gasteiger partial charge on any atom is 0.254 e. The monoisotopic (exact) mass is 429 g/mol. The molecule has 2 rings (SSSR count). The molecular formula is C22H27N3O4S. The molecule has 160 valence electrons. The molecule has 0 aliphatic carbocycles. The molecule has 0 spiro atoms. The predicted octanol–water partition coefficient (Wildman–Crippen LogP) is 3.31. The Labute approximate surface area is 178 Å². The highest BCUT2D eigenvalue weighted by molar-refractivity contribution is 7.89. The van der Waals surface area contributed by atoms with Crippen molar-refractivity contribution in [2.24, 2.45) is 0 Å². The van der Waals surface area contributed by atoms with Gasteiger partial charge >= 0.3 is 0 Å². The van der Waals surface area contributed by atoms with Crippen LogP contribution >= 0.6 is 0 Å². The van der Waals surface area contributed by atoms with Gasteiger partial charge in [-0.25, -0.2) is 13.1 Å². The van der Waals surface area contributed by atoms with Crippen LogP contribution < -0.4 is 9.46 Å². The SMILES string of the molecule is CCCN(Cc1ccc(C#N)cc1)C(=O)c1ccc(OC)c(S(=O)(=O)NC(C)C)c1. The van der Waals surface area contributed by atoms with Gasteiger partial charge in [-0.2, -0.15) is 5.26 Å². The molecule has 1 amide bonds. The summed E-state index contributed by atoms with van der Waals surface area (Å²) in [4.78, 5) is 14.8. The van der Waals surface area contributed by atoms with Crippen molar-refractivity contribution in [2.75, 3.05) is 13.7 Å². The number of benzene rings is 2. The molecule has 7 nitrogen and oxygen atoms in total. The van der Waals surface area contributed by atoms with Crippen molar-refractivity contribution in [1.82, 2.24) is 9.62 Å². The van der Waals surface area contributed by atoms with E-state index in [1.165, 1.54) is 19.2 Å². The van der Waals surface area contributed by atoms with Crippen LogP contribution in [0, 0.1) is 11.3 Å². The molecule has 2 aromatic rings. The number of rotatable bonds is 9. The minimum Gasteiger partial charge on any atom is -0.495 e. The van der Waals surface area contributed by atoms with E-state index in [1.54, 1.807) is 36.9 Å². The number of sulfonamides is 1. The van der Waals surface area contributed by atoms with Gasteiger partial charge in [0.15, 0.2) is 0 Å². The molecule has 30 heavy (non-hydrogen) atoms. The average Bonchev–Trinajstić information content (AvgIpc) is 2.72. The van der Waals surface area contributed by atoms with Crippen molar-refractivity contribution < 1.29 is 17.9 Å². The van der Waals surface area contributed by atoms with E-state index in [0.717, 1.165) is 12.0 Å². The number of nitrogens with zero attached hydrogens (tertiary/aromatic N) is 2. The largest absolute Gasteiger partial charge is 0.495 e. The highest BCUT2D eigenvalue weighted by Crippen LogP contribution is 2.26. The second kappa shape index (κ2) is 10.2. The third-order valence-electron chi connectivity index (χ3n) is 4.33. The molecule has 1 N–H and O–H groups in total. The lowest BCUT2D eigenvalue weighted by Crippen LogP contribution is -2.32. The topological polar surface area (TPSA) is 99.5 Å². The third-order valence-corrected chi connectivity index (χ3v) is 6.01. The first-order valence-corrected chi connectivity index (χ1v) is 11.2. The summed E-state index contributed by atoms with van der Waals surface area (Å²) in [7, 11) is -2.45. The highest BCUT2D eigenvalue weighted by Gasteiger charge is 2.24. The Kier molecular flexibility index (Phi) is 7.98. The van der Waals surface area contributed by atoms with Crippen LogP contribution in [0.1, 0.15) is 48.7 Å². The van der Waals surface area contributed by atoms with Crippen LogP contribution in [0.2, 0.25) is 0 Å². The van der Waals surface area contributed by atoms with Crippen molar-refractivity contribution in [3.63, 3.8) is 0 Å². The zero-order valence-electron chi connectivity index (χ0n) is 17.7. The molecule has 0 aromatic heterocycles. The molecule has 0 saturated heterocycles. The number of nitriles is 1. The van der Waals surface area contributed by atoms with Gasteiger partial charge in [0.2, 0.25) is 10.0 Å². The fourth-order valence-electron chi connectivity index (χ4n) is 3.00. The summed E-state index contributed by atoms with van der Waals surface area (Å²) in [5.74, 6) is -0.0984. The van der Waals surface area contributed by atoms with Gasteiger partial charge in [-0.1, -0.05) is 19.1 Å². The molecule has 0 aliphatic heterocycles. The summed E-state index contributed by atoms with van der Waals surface area (Å²) in [6, 6.07) is 13.2. The number of nitrogens with one attached hydrogen (secondary N) is 1. The second-order valence-electron chi connectivity index (χ2n) is 7.18. The Morgan fingerprint density at radius 3 is 2.40 bits per heavy atom. The van der Waals surface area contributed by atoms with Gasteiger partial charge in [-0.15, -0.1) is 0 Å². The van der Waals surface area contributed by atoms with E-state index >= 15 is 0 Å². The number of ether oxygens (including phenoxy) is 1. The second-order valence-corrected chi connectivity index (χ2v) is 8.86. The molecule has 0 heterocycles. The van der Waals surface area contributed by atoms with Crippen LogP contribution in [-0.4, -0.2) is 38.9 Å². The lowest BCUT2D eigenvalue weighted by Gasteiger charge is -2.23. The van der Waals surface area contributed by atoms with Crippen LogP contribution in [0.3, 0.4) is 0 Å². The van der Waals surface area contributed by atoms with Crippen LogP contribution in [0.4, 0.5) is 0 Å². The fourth-order valence-corrected chi connectivity index (χ4v) is 4.45. The molecule has 0 aliphatic rings. The number of hydrogen-bond donors (Lipinski definition) is 1. The lowest BCUT2D eigenvalue weighted by atomic mass is 10.1. The average molecular weight is 430 g/mol. The van der Waals surface area contributed by atoms with Gasteiger partial charge in [0, 0.05) is 24.7 Å². The van der Waals surface area contributed by atoms with E-state index in [0.29, 0.717) is 18.7 Å². The maximum absolute atomic E-state index is 13.2. The van der Waals surface area contributed by atoms with E-state index in [1.807, 2.05) is 19.1 Å². The van der Waals surface area contributed by atoms with Crippen molar-refractivity contribution in [1.29, 1.82) is 5.26 Å². The van der Waals surface area contributed by atoms with Crippen LogP contribution in [-0.2, 0) is 16.6 Å². The van der Waals surface area contributed by atoms with E-state index < -0.39 is 10.0 Å². The summed E-state index contributed by atoms with van der Waals surface area (Å²) in [6.45, 7) is 6.28. The minimum atomic E-state index is -3.84. The minimum absolute atomic E-state index is 0.0700. The first-order valence-electron chi connectivity index (χ1n) is 9.70. The maximum atomic E-state index is 13.2. The number of amides is 1. The zero-order chi connectivity index (χ0) is 22.3. The molecule has 0 bridgehead atoms. The highest BCUT2D eigenvalue weighted by atomic mass is 32.2. The van der Waals surface area contributed by atoms with E-state index in [9.17, 15) is 13.2 Å². The van der Waals surface area contributed by atoms with Gasteiger partial charge in [-0.05, 0) is 56.2 Å². The Morgan fingerprint density at radius 2 is 1.87 bits per heavy atom. The molecule has 8 heteroatoms. The van der Waals surface area contributed by atoms with Crippen molar-refractivity contribution >= 4 is 15.9 Å². The molecule has 0 saturated carbocycles. The van der Waals surface area contributed by atoms with E-state index in [4.69, 9.17) is 10.00 Å². The van der Waals surface area contributed by atoms with Crippen LogP contribution in [0.5, 0.6) is 5.75 Å². The molecule has 0 fully saturated rings. The standard InChI is InChI=1S/C22H27N3O4S/c1-5-12-25(15-18-8-6-17(14-23)7-9-18)22(26)19-10-11-20(29-4)21(13-19)30(27,28)24-16(2)3/h6-11,13,16,24H,5,12,15H2,1-4H3. The van der Waals surface area contributed by atoms with Crippen molar-refractivity contribution in [2.45, 2.75) is 44.7 Å². The first-order chi connectivity index (χ1) is 14.2. The Morgan fingerprint density at radius 1 is 1.20 bits per heavy atom. The Balaban J connectivity index is 2.38. The molecule has 0 atom stereocenters. The van der Waals surface area contributed by atoms with Gasteiger partial charge < -0.3 is 9.64 Å². The van der Waals surface area contributed by atoms with Crippen molar-refractivity contribution in [3.05, 3.63) is 59.2 Å². The quantitative estimate of drug-likeness (QED) is 0.659. The van der Waals surface area contributed by atoms with Gasteiger partial charge in [0.05, 0.1) is 18.7 Å². The normalized spacial score (nSPS) is 11.2. The third kappa shape index (κ3) is 5.81. The summed E-state index contributed by atoms with van der Waals surface area (Å²) >= 11 is 0. The number of methoxy groups -OCH3 is 1. The van der Waals surface area contributed by atoms with Crippen molar-refractivity contribution in [3.8, 4) is 11.8 Å². The molecule has 0 unspecified atom stereocenters. The molecular weight excluding hydrogens is 402 g/mol. The number of carbonyl (C=O) groups is 1. The predicted molar refractivity (Wildman–Crippen MR) is 115 cm³/mol. The van der Waals surface area contributed by atoms with Crippen LogP contribution in [0.25, 0.3) is 0 Å². The zero-order valence-corrected chi connectivity index (χ0v) is 18.5. The van der Waals surface area contributed by atoms with Gasteiger partial charge in [-0.3, -0.25) is 4.79 Å². The summed E-state index contributed by atoms with van der Waals surface area (Å²) in [5.41, 5.74) is 1.70. The lowest BCUT2D eigenvalue weighted by molar-refractivity contribution is 0.0743. The van der Waals surface area contributed by atoms with E-state index in [-0.39, 0.29) is 28.2 Å². The summed E-state index contributed by atoms with van der Waals surface area (Å²) < 4.78 is 33.1. The summed E-state index contributed by atoms with van der Waals surface area (Å²) in [6.07, 6.45) is 0.748. The van der Waals surface area contributed by atoms with E-state index in [2.05, 4.69) is 10.8 Å². The number of carbonyl (C=O) groups excluding carboxylic acids is 1. The van der Waals surface area contributed by atoms with Crippen LogP contribution in [0.15, 0.2) is 47.4 Å². The van der Waals surface area contributed by atoms with Gasteiger partial charge in [0.1, 0.15) is 10.6 Å². The van der Waals surface area contributed by atoms with Gasteiger partial charge in [0.25, 0.3) is 5.91 Å². The fraction of sp³-hybridized carbons (Fsp3) is 0.364. The number of hydrogen-bond acceptors (Lipinski definition) is 5.